The van der Waals surface area contributed by atoms with Crippen molar-refractivity contribution in [2.24, 2.45) is 0 Å². The number of rotatable bonds is 6. The van der Waals surface area contributed by atoms with E-state index in [1.165, 1.54) is 29.2 Å². The number of carbonyl (C=O) groups excluding carboxylic acids is 2. The summed E-state index contributed by atoms with van der Waals surface area (Å²) in [5, 5.41) is 5.66. The van der Waals surface area contributed by atoms with E-state index < -0.39 is 0 Å². The molecule has 5 nitrogen and oxygen atoms in total. The summed E-state index contributed by atoms with van der Waals surface area (Å²) in [6.45, 7) is 4.38. The van der Waals surface area contributed by atoms with Crippen molar-refractivity contribution in [3.63, 3.8) is 0 Å². The van der Waals surface area contributed by atoms with Gasteiger partial charge in [0.05, 0.1) is 0 Å². The van der Waals surface area contributed by atoms with Crippen molar-refractivity contribution < 1.29 is 14.0 Å². The van der Waals surface area contributed by atoms with Crippen LogP contribution in [0.15, 0.2) is 72.8 Å². The van der Waals surface area contributed by atoms with Crippen LogP contribution < -0.4 is 15.5 Å². The third-order valence-corrected chi connectivity index (χ3v) is 4.62. The summed E-state index contributed by atoms with van der Waals surface area (Å²) in [6.07, 6.45) is 0. The Kier molecular flexibility index (Phi) is 6.80. The molecule has 0 unspecified atom stereocenters. The summed E-state index contributed by atoms with van der Waals surface area (Å²) in [5.74, 6) is -0.599. The largest absolute Gasteiger partial charge is 0.350 e. The summed E-state index contributed by atoms with van der Waals surface area (Å²) in [6, 6.07) is 20.0. The van der Waals surface area contributed by atoms with Gasteiger partial charge < -0.3 is 10.6 Å². The molecule has 3 aromatic rings. The minimum atomic E-state index is -0.384. The van der Waals surface area contributed by atoms with Gasteiger partial charge >= 0.3 is 6.03 Å². The highest BCUT2D eigenvalue weighted by molar-refractivity contribution is 6.02. The molecule has 154 valence electrons. The fraction of sp³-hybridized carbons (Fsp3) is 0.167. The molecule has 0 fully saturated rings. The zero-order valence-corrected chi connectivity index (χ0v) is 17.0. The van der Waals surface area contributed by atoms with Crippen molar-refractivity contribution in [3.05, 3.63) is 95.3 Å². The average Bonchev–Trinajstić information content (AvgIpc) is 2.74. The normalized spacial score (nSPS) is 10.4. The number of anilines is 2. The Balaban J connectivity index is 1.68. The number of halogens is 1. The van der Waals surface area contributed by atoms with Gasteiger partial charge in [-0.05, 0) is 62.4 Å². The third-order valence-electron chi connectivity index (χ3n) is 4.62. The molecule has 0 saturated carbocycles. The van der Waals surface area contributed by atoms with Crippen LogP contribution in [0.25, 0.3) is 0 Å². The molecule has 30 heavy (non-hydrogen) atoms. The first kappa shape index (κ1) is 21.0. The molecule has 0 aromatic heterocycles. The predicted octanol–water partition coefficient (Wildman–Crippen LogP) is 4.91. The number of benzene rings is 3. The monoisotopic (exact) mass is 405 g/mol. The summed E-state index contributed by atoms with van der Waals surface area (Å²) < 4.78 is 13.3. The minimum Gasteiger partial charge on any atom is -0.350 e. The molecule has 0 radical (unpaired) electrons. The van der Waals surface area contributed by atoms with Crippen LogP contribution in [0.1, 0.15) is 21.5 Å². The quantitative estimate of drug-likeness (QED) is 0.612. The smallest absolute Gasteiger partial charge is 0.326 e. The Morgan fingerprint density at radius 3 is 2.00 bits per heavy atom. The number of amides is 3. The Morgan fingerprint density at radius 1 is 0.833 bits per heavy atom. The standard InChI is InChI=1S/C24H24FN3O2/c1-17-3-7-19(8-4-17)23(29)26-15-16-28(22-13-9-20(25)10-14-22)24(30)27-21-11-5-18(2)6-12-21/h3-14H,15-16H2,1-2H3,(H,26,29)(H,27,30). The lowest BCUT2D eigenvalue weighted by molar-refractivity contribution is 0.0954. The van der Waals surface area contributed by atoms with Crippen LogP contribution in [0.4, 0.5) is 20.6 Å². The molecule has 0 atom stereocenters. The fourth-order valence-electron chi connectivity index (χ4n) is 2.89. The van der Waals surface area contributed by atoms with E-state index >= 15 is 0 Å². The number of hydrogen-bond acceptors (Lipinski definition) is 2. The maximum absolute atomic E-state index is 13.3. The van der Waals surface area contributed by atoms with Crippen molar-refractivity contribution in [1.82, 2.24) is 5.32 Å². The molecule has 2 N–H and O–H groups in total. The molecule has 0 aliphatic heterocycles. The highest BCUT2D eigenvalue weighted by Crippen LogP contribution is 2.17. The summed E-state index contributed by atoms with van der Waals surface area (Å²) in [7, 11) is 0. The molecule has 0 aliphatic carbocycles. The molecule has 3 aromatic carbocycles. The molecule has 0 saturated heterocycles. The summed E-state index contributed by atoms with van der Waals surface area (Å²) in [4.78, 5) is 26.7. The molecule has 3 amide bonds. The average molecular weight is 405 g/mol. The number of nitrogens with zero attached hydrogens (tertiary/aromatic N) is 1. The predicted molar refractivity (Wildman–Crippen MR) is 117 cm³/mol. The lowest BCUT2D eigenvalue weighted by Gasteiger charge is -2.23. The maximum Gasteiger partial charge on any atom is 0.326 e. The first-order chi connectivity index (χ1) is 14.4. The number of hydrogen-bond donors (Lipinski definition) is 2. The second-order valence-electron chi connectivity index (χ2n) is 7.05. The topological polar surface area (TPSA) is 61.4 Å². The third kappa shape index (κ3) is 5.67. The molecular weight excluding hydrogens is 381 g/mol. The van der Waals surface area contributed by atoms with E-state index in [4.69, 9.17) is 0 Å². The van der Waals surface area contributed by atoms with Gasteiger partial charge in [-0.1, -0.05) is 35.4 Å². The SMILES string of the molecule is Cc1ccc(NC(=O)N(CCNC(=O)c2ccc(C)cc2)c2ccc(F)cc2)cc1. The van der Waals surface area contributed by atoms with Crippen LogP contribution in [0.2, 0.25) is 0 Å². The van der Waals surface area contributed by atoms with Crippen molar-refractivity contribution in [3.8, 4) is 0 Å². The molecular formula is C24H24FN3O2. The van der Waals surface area contributed by atoms with E-state index in [-0.39, 0.29) is 30.8 Å². The Hall–Kier alpha value is -3.67. The van der Waals surface area contributed by atoms with Crippen LogP contribution in [0, 0.1) is 19.7 Å². The van der Waals surface area contributed by atoms with Gasteiger partial charge in [-0.25, -0.2) is 9.18 Å². The Morgan fingerprint density at radius 2 is 1.40 bits per heavy atom. The van der Waals surface area contributed by atoms with E-state index in [2.05, 4.69) is 10.6 Å². The minimum absolute atomic E-state index is 0.215. The second kappa shape index (κ2) is 9.69. The van der Waals surface area contributed by atoms with E-state index in [9.17, 15) is 14.0 Å². The van der Waals surface area contributed by atoms with Crippen molar-refractivity contribution >= 4 is 23.3 Å². The van der Waals surface area contributed by atoms with Crippen LogP contribution >= 0.6 is 0 Å². The number of urea groups is 1. The van der Waals surface area contributed by atoms with Gasteiger partial charge in [0.1, 0.15) is 5.82 Å². The molecule has 0 bridgehead atoms. The zero-order valence-electron chi connectivity index (χ0n) is 17.0. The highest BCUT2D eigenvalue weighted by Gasteiger charge is 2.16. The van der Waals surface area contributed by atoms with Crippen LogP contribution in [0.3, 0.4) is 0 Å². The van der Waals surface area contributed by atoms with Crippen molar-refractivity contribution in [2.75, 3.05) is 23.3 Å². The number of nitrogens with one attached hydrogen (secondary N) is 2. The Labute approximate surface area is 175 Å². The van der Waals surface area contributed by atoms with Crippen LogP contribution in [0.5, 0.6) is 0 Å². The van der Waals surface area contributed by atoms with E-state index in [0.29, 0.717) is 16.9 Å². The number of aryl methyl sites for hydroxylation is 2. The van der Waals surface area contributed by atoms with Gasteiger partial charge in [0.15, 0.2) is 0 Å². The van der Waals surface area contributed by atoms with Gasteiger partial charge in [-0.3, -0.25) is 9.69 Å². The molecule has 6 heteroatoms. The lowest BCUT2D eigenvalue weighted by Crippen LogP contribution is -2.41. The first-order valence-electron chi connectivity index (χ1n) is 9.68. The summed E-state index contributed by atoms with van der Waals surface area (Å²) in [5.41, 5.74) is 3.90. The molecule has 3 rings (SSSR count). The maximum atomic E-state index is 13.3. The van der Waals surface area contributed by atoms with Gasteiger partial charge in [-0.2, -0.15) is 0 Å². The Bertz CT molecular complexity index is 1000. The molecule has 0 aliphatic rings. The first-order valence-corrected chi connectivity index (χ1v) is 9.68. The molecule has 0 spiro atoms. The summed E-state index contributed by atoms with van der Waals surface area (Å²) >= 11 is 0. The van der Waals surface area contributed by atoms with Crippen molar-refractivity contribution in [1.29, 1.82) is 0 Å². The van der Waals surface area contributed by atoms with Gasteiger partial charge in [0, 0.05) is 30.0 Å². The fourth-order valence-corrected chi connectivity index (χ4v) is 2.89. The second-order valence-corrected chi connectivity index (χ2v) is 7.05. The van der Waals surface area contributed by atoms with E-state index in [0.717, 1.165) is 11.1 Å². The van der Waals surface area contributed by atoms with Crippen molar-refractivity contribution in [2.45, 2.75) is 13.8 Å². The van der Waals surface area contributed by atoms with Gasteiger partial charge in [0.25, 0.3) is 5.91 Å². The highest BCUT2D eigenvalue weighted by atomic mass is 19.1. The van der Waals surface area contributed by atoms with Gasteiger partial charge in [-0.15, -0.1) is 0 Å². The zero-order chi connectivity index (χ0) is 21.5. The van der Waals surface area contributed by atoms with Crippen LogP contribution in [-0.2, 0) is 0 Å². The molecule has 0 heterocycles. The van der Waals surface area contributed by atoms with Gasteiger partial charge in [0.2, 0.25) is 0 Å². The van der Waals surface area contributed by atoms with Crippen LogP contribution in [-0.4, -0.2) is 25.0 Å². The van der Waals surface area contributed by atoms with E-state index in [1.54, 1.807) is 12.1 Å². The number of carbonyl (C=O) groups is 2. The van der Waals surface area contributed by atoms with E-state index in [1.807, 2.05) is 50.2 Å². The lowest BCUT2D eigenvalue weighted by atomic mass is 10.1.